The predicted molar refractivity (Wildman–Crippen MR) is 64.8 cm³/mol. The van der Waals surface area contributed by atoms with Crippen molar-refractivity contribution in [3.8, 4) is 0 Å². The lowest BCUT2D eigenvalue weighted by molar-refractivity contribution is 0.112. The molecular formula is C14H15NO. The summed E-state index contributed by atoms with van der Waals surface area (Å²) in [6, 6.07) is 8.01. The fourth-order valence-electron chi connectivity index (χ4n) is 2.55. The van der Waals surface area contributed by atoms with Crippen LogP contribution in [-0.4, -0.2) is 11.3 Å². The van der Waals surface area contributed by atoms with Gasteiger partial charge in [-0.25, -0.2) is 0 Å². The lowest BCUT2D eigenvalue weighted by atomic mass is 10.0. The number of hydrogen-bond acceptors (Lipinski definition) is 1. The molecule has 2 aromatic rings. The minimum atomic E-state index is 0.346. The smallest absolute Gasteiger partial charge is 0.152 e. The van der Waals surface area contributed by atoms with Gasteiger partial charge in [-0.2, -0.15) is 0 Å². The number of nitrogens with one attached hydrogen (secondary N) is 1. The van der Waals surface area contributed by atoms with E-state index in [1.807, 2.05) is 24.3 Å². The van der Waals surface area contributed by atoms with Crippen molar-refractivity contribution in [3.63, 3.8) is 0 Å². The largest absolute Gasteiger partial charge is 0.358 e. The number of benzene rings is 1. The first-order valence-corrected chi connectivity index (χ1v) is 5.69. The molecule has 0 spiro atoms. The number of carbonyl (C=O) groups excluding carboxylic acids is 1. The van der Waals surface area contributed by atoms with Gasteiger partial charge in [-0.1, -0.05) is 32.0 Å². The van der Waals surface area contributed by atoms with E-state index in [0.717, 1.165) is 28.4 Å². The number of aldehydes is 1. The van der Waals surface area contributed by atoms with Gasteiger partial charge in [0.15, 0.2) is 6.29 Å². The predicted octanol–water partition coefficient (Wildman–Crippen LogP) is 3.49. The van der Waals surface area contributed by atoms with Gasteiger partial charge in [0.2, 0.25) is 0 Å². The van der Waals surface area contributed by atoms with Crippen molar-refractivity contribution in [3.05, 3.63) is 35.5 Å². The molecule has 2 nitrogen and oxygen atoms in total. The molecule has 1 aromatic heterocycles. The van der Waals surface area contributed by atoms with Crippen LogP contribution in [0.25, 0.3) is 10.9 Å². The first-order chi connectivity index (χ1) is 7.63. The van der Waals surface area contributed by atoms with E-state index < -0.39 is 0 Å². The van der Waals surface area contributed by atoms with Gasteiger partial charge >= 0.3 is 0 Å². The number of rotatable bonds is 2. The average molecular weight is 213 g/mol. The van der Waals surface area contributed by atoms with E-state index >= 15 is 0 Å². The van der Waals surface area contributed by atoms with E-state index in [0.29, 0.717) is 11.3 Å². The van der Waals surface area contributed by atoms with Crippen LogP contribution in [0.4, 0.5) is 0 Å². The van der Waals surface area contributed by atoms with Crippen molar-refractivity contribution in [2.45, 2.75) is 26.2 Å². The highest BCUT2D eigenvalue weighted by atomic mass is 16.1. The summed E-state index contributed by atoms with van der Waals surface area (Å²) in [5, 5.41) is 1.05. The molecule has 1 atom stereocenters. The van der Waals surface area contributed by atoms with E-state index in [1.165, 1.54) is 6.42 Å². The van der Waals surface area contributed by atoms with Crippen molar-refractivity contribution < 1.29 is 4.79 Å². The van der Waals surface area contributed by atoms with Crippen LogP contribution in [0, 0.1) is 5.41 Å². The Kier molecular flexibility index (Phi) is 1.79. The summed E-state index contributed by atoms with van der Waals surface area (Å²) in [5.74, 6) is 0.514. The van der Waals surface area contributed by atoms with Crippen LogP contribution >= 0.6 is 0 Å². The fourth-order valence-corrected chi connectivity index (χ4v) is 2.55. The van der Waals surface area contributed by atoms with Crippen LogP contribution in [0.1, 0.15) is 42.2 Å². The van der Waals surface area contributed by atoms with Crippen molar-refractivity contribution in [2.24, 2.45) is 5.41 Å². The van der Waals surface area contributed by atoms with Crippen molar-refractivity contribution in [1.29, 1.82) is 0 Å². The van der Waals surface area contributed by atoms with Crippen LogP contribution in [0.3, 0.4) is 0 Å². The van der Waals surface area contributed by atoms with Crippen molar-refractivity contribution in [2.75, 3.05) is 0 Å². The normalized spacial score (nSPS) is 22.2. The third-order valence-electron chi connectivity index (χ3n) is 3.76. The summed E-state index contributed by atoms with van der Waals surface area (Å²) in [5.41, 5.74) is 3.40. The zero-order chi connectivity index (χ0) is 11.3. The van der Waals surface area contributed by atoms with E-state index in [1.54, 1.807) is 0 Å². The van der Waals surface area contributed by atoms with Gasteiger partial charge in [-0.3, -0.25) is 4.79 Å². The zero-order valence-electron chi connectivity index (χ0n) is 9.58. The molecule has 1 heterocycles. The average Bonchev–Trinajstić information content (AvgIpc) is 2.75. The van der Waals surface area contributed by atoms with E-state index in [4.69, 9.17) is 0 Å². The molecule has 0 amide bonds. The molecule has 2 heteroatoms. The number of carbonyl (C=O) groups is 1. The number of hydrogen-bond donors (Lipinski definition) is 1. The molecule has 1 saturated carbocycles. The van der Waals surface area contributed by atoms with Crippen molar-refractivity contribution in [1.82, 2.24) is 4.98 Å². The molecule has 0 aliphatic heterocycles. The SMILES string of the molecule is CC1(C)C[C@H]1c1[nH]c2ccccc2c1C=O. The van der Waals surface area contributed by atoms with E-state index in [2.05, 4.69) is 18.8 Å². The Balaban J connectivity index is 2.21. The maximum Gasteiger partial charge on any atom is 0.152 e. The van der Waals surface area contributed by atoms with Crippen LogP contribution in [-0.2, 0) is 0 Å². The summed E-state index contributed by atoms with van der Waals surface area (Å²) >= 11 is 0. The molecule has 0 radical (unpaired) electrons. The molecule has 3 rings (SSSR count). The fraction of sp³-hybridized carbons (Fsp3) is 0.357. The van der Waals surface area contributed by atoms with Crippen molar-refractivity contribution >= 4 is 17.2 Å². The van der Waals surface area contributed by atoms with Gasteiger partial charge in [0.05, 0.1) is 0 Å². The monoisotopic (exact) mass is 213 g/mol. The van der Waals surface area contributed by atoms with Crippen LogP contribution < -0.4 is 0 Å². The Hall–Kier alpha value is -1.57. The molecule has 1 fully saturated rings. The van der Waals surface area contributed by atoms with Gasteiger partial charge in [-0.15, -0.1) is 0 Å². The Morgan fingerprint density at radius 1 is 1.38 bits per heavy atom. The second-order valence-corrected chi connectivity index (χ2v) is 5.36. The Morgan fingerprint density at radius 2 is 2.06 bits per heavy atom. The number of para-hydroxylation sites is 1. The Bertz CT molecular complexity index is 565. The molecule has 1 aliphatic carbocycles. The topological polar surface area (TPSA) is 32.9 Å². The third-order valence-corrected chi connectivity index (χ3v) is 3.76. The highest BCUT2D eigenvalue weighted by Crippen LogP contribution is 2.59. The Labute approximate surface area is 94.7 Å². The quantitative estimate of drug-likeness (QED) is 0.761. The maximum absolute atomic E-state index is 11.2. The third kappa shape index (κ3) is 1.22. The zero-order valence-corrected chi connectivity index (χ0v) is 9.58. The minimum absolute atomic E-state index is 0.346. The summed E-state index contributed by atoms with van der Waals surface area (Å²) in [6.07, 6.45) is 2.16. The molecule has 1 N–H and O–H groups in total. The number of H-pyrrole nitrogens is 1. The molecule has 16 heavy (non-hydrogen) atoms. The molecule has 0 unspecified atom stereocenters. The molecule has 0 bridgehead atoms. The van der Waals surface area contributed by atoms with Gasteiger partial charge < -0.3 is 4.98 Å². The first-order valence-electron chi connectivity index (χ1n) is 5.69. The number of aromatic amines is 1. The first kappa shape index (κ1) is 9.64. The number of aromatic nitrogens is 1. The van der Waals surface area contributed by atoms with Gasteiger partial charge in [0.25, 0.3) is 0 Å². The second-order valence-electron chi connectivity index (χ2n) is 5.36. The van der Waals surface area contributed by atoms with Crippen LogP contribution in [0.2, 0.25) is 0 Å². The standard InChI is InChI=1S/C14H15NO/c1-14(2)7-11(14)13-10(8-16)9-5-3-4-6-12(9)15-13/h3-6,8,11,15H,7H2,1-2H3/t11-/m0/s1. The summed E-state index contributed by atoms with van der Waals surface area (Å²) in [7, 11) is 0. The molecule has 1 aromatic carbocycles. The Morgan fingerprint density at radius 3 is 2.69 bits per heavy atom. The lowest BCUT2D eigenvalue weighted by Gasteiger charge is -2.01. The van der Waals surface area contributed by atoms with E-state index in [9.17, 15) is 4.79 Å². The molecule has 0 saturated heterocycles. The lowest BCUT2D eigenvalue weighted by Crippen LogP contribution is -1.93. The summed E-state index contributed by atoms with van der Waals surface area (Å²) in [4.78, 5) is 14.6. The van der Waals surface area contributed by atoms with Gasteiger partial charge in [0, 0.05) is 28.1 Å². The van der Waals surface area contributed by atoms with Gasteiger partial charge in [-0.05, 0) is 17.9 Å². The highest BCUT2D eigenvalue weighted by Gasteiger charge is 2.48. The highest BCUT2D eigenvalue weighted by molar-refractivity contribution is 5.99. The molecule has 82 valence electrons. The maximum atomic E-state index is 11.2. The molecule has 1 aliphatic rings. The van der Waals surface area contributed by atoms with Crippen LogP contribution in [0.15, 0.2) is 24.3 Å². The minimum Gasteiger partial charge on any atom is -0.358 e. The van der Waals surface area contributed by atoms with Gasteiger partial charge in [0.1, 0.15) is 0 Å². The van der Waals surface area contributed by atoms with Crippen LogP contribution in [0.5, 0.6) is 0 Å². The molecular weight excluding hydrogens is 198 g/mol. The summed E-state index contributed by atoms with van der Waals surface area (Å²) < 4.78 is 0. The second kappa shape index (κ2) is 2.97. The summed E-state index contributed by atoms with van der Waals surface area (Å²) in [6.45, 7) is 4.50. The van der Waals surface area contributed by atoms with E-state index in [-0.39, 0.29) is 0 Å². The number of fused-ring (bicyclic) bond motifs is 1.